The molecule has 0 bridgehead atoms. The van der Waals surface area contributed by atoms with E-state index in [4.69, 9.17) is 10.5 Å². The highest BCUT2D eigenvalue weighted by Crippen LogP contribution is 2.16. The third-order valence-corrected chi connectivity index (χ3v) is 2.79. The molecule has 1 aliphatic heterocycles. The fraction of sp³-hybridized carbons (Fsp3) is 0.750. The Kier molecular flexibility index (Phi) is 4.80. The summed E-state index contributed by atoms with van der Waals surface area (Å²) < 4.78 is 9.90. The Morgan fingerprint density at radius 1 is 1.20 bits per heavy atom. The van der Waals surface area contributed by atoms with Gasteiger partial charge in [0.05, 0.1) is 13.7 Å². The van der Waals surface area contributed by atoms with Gasteiger partial charge >= 0.3 is 18.1 Å². The van der Waals surface area contributed by atoms with E-state index >= 15 is 0 Å². The van der Waals surface area contributed by atoms with Crippen molar-refractivity contribution in [3.63, 3.8) is 0 Å². The van der Waals surface area contributed by atoms with E-state index in [0.29, 0.717) is 0 Å². The molecule has 2 N–H and O–H groups in total. The fourth-order valence-corrected chi connectivity index (χ4v) is 1.86. The molecular weight excluding hydrogens is 266 g/mol. The van der Waals surface area contributed by atoms with Gasteiger partial charge in [-0.3, -0.25) is 4.90 Å². The quantitative estimate of drug-likeness (QED) is 0.692. The normalized spacial score (nSPS) is 19.5. The lowest BCUT2D eigenvalue weighted by atomic mass is 10.1. The molecule has 114 valence electrons. The third-order valence-electron chi connectivity index (χ3n) is 2.79. The van der Waals surface area contributed by atoms with Crippen LogP contribution in [-0.2, 0) is 14.3 Å². The van der Waals surface area contributed by atoms with Gasteiger partial charge in [-0.05, 0) is 20.8 Å². The largest absolute Gasteiger partial charge is 0.467 e. The number of hydrogen-bond donors (Lipinski definition) is 1. The van der Waals surface area contributed by atoms with Crippen LogP contribution in [0.1, 0.15) is 20.8 Å². The van der Waals surface area contributed by atoms with Gasteiger partial charge in [0.1, 0.15) is 5.60 Å². The molecule has 0 aromatic rings. The molecule has 0 unspecified atom stereocenters. The summed E-state index contributed by atoms with van der Waals surface area (Å²) in [5.41, 5.74) is 4.53. The number of piperazine rings is 1. The van der Waals surface area contributed by atoms with Crippen molar-refractivity contribution >= 4 is 18.1 Å². The van der Waals surface area contributed by atoms with Crippen molar-refractivity contribution in [2.45, 2.75) is 32.4 Å². The number of hydrogen-bond acceptors (Lipinski definition) is 5. The van der Waals surface area contributed by atoms with Crippen molar-refractivity contribution in [3.8, 4) is 0 Å². The van der Waals surface area contributed by atoms with Crippen LogP contribution in [0.5, 0.6) is 0 Å². The SMILES string of the molecule is COC(=O)[C@@H]1CN(C(N)=O)CCN1C(=O)OC(C)(C)C. The van der Waals surface area contributed by atoms with E-state index in [1.54, 1.807) is 20.8 Å². The summed E-state index contributed by atoms with van der Waals surface area (Å²) in [5, 5.41) is 0. The van der Waals surface area contributed by atoms with Crippen LogP contribution in [-0.4, -0.2) is 66.3 Å². The number of nitrogens with zero attached hydrogens (tertiary/aromatic N) is 2. The number of rotatable bonds is 1. The van der Waals surface area contributed by atoms with Gasteiger partial charge in [-0.2, -0.15) is 0 Å². The van der Waals surface area contributed by atoms with Crippen molar-refractivity contribution in [1.82, 2.24) is 9.80 Å². The average Bonchev–Trinajstić information content (AvgIpc) is 2.34. The minimum Gasteiger partial charge on any atom is -0.467 e. The van der Waals surface area contributed by atoms with Crippen LogP contribution in [0.2, 0.25) is 0 Å². The number of nitrogens with two attached hydrogens (primary N) is 1. The second-order valence-electron chi connectivity index (χ2n) is 5.50. The smallest absolute Gasteiger partial charge is 0.411 e. The molecule has 1 fully saturated rings. The number of ether oxygens (including phenoxy) is 2. The van der Waals surface area contributed by atoms with Crippen LogP contribution < -0.4 is 5.73 Å². The molecule has 0 radical (unpaired) electrons. The zero-order valence-corrected chi connectivity index (χ0v) is 12.2. The summed E-state index contributed by atoms with van der Waals surface area (Å²) in [4.78, 5) is 37.6. The third kappa shape index (κ3) is 4.01. The Morgan fingerprint density at radius 2 is 1.80 bits per heavy atom. The molecule has 8 heteroatoms. The average molecular weight is 287 g/mol. The fourth-order valence-electron chi connectivity index (χ4n) is 1.86. The van der Waals surface area contributed by atoms with Crippen LogP contribution in [0.25, 0.3) is 0 Å². The summed E-state index contributed by atoms with van der Waals surface area (Å²) in [7, 11) is 1.22. The Morgan fingerprint density at radius 3 is 2.25 bits per heavy atom. The lowest BCUT2D eigenvalue weighted by Crippen LogP contribution is -2.61. The van der Waals surface area contributed by atoms with Crippen molar-refractivity contribution < 1.29 is 23.9 Å². The zero-order valence-electron chi connectivity index (χ0n) is 12.2. The molecule has 8 nitrogen and oxygen atoms in total. The van der Waals surface area contributed by atoms with E-state index in [9.17, 15) is 14.4 Å². The topological polar surface area (TPSA) is 102 Å². The maximum absolute atomic E-state index is 12.1. The molecule has 1 saturated heterocycles. The lowest BCUT2D eigenvalue weighted by Gasteiger charge is -2.39. The van der Waals surface area contributed by atoms with Crippen molar-refractivity contribution in [2.75, 3.05) is 26.7 Å². The number of primary amides is 1. The highest BCUT2D eigenvalue weighted by atomic mass is 16.6. The first-order valence-electron chi connectivity index (χ1n) is 6.27. The molecule has 0 aliphatic carbocycles. The van der Waals surface area contributed by atoms with Crippen LogP contribution in [0.15, 0.2) is 0 Å². The maximum Gasteiger partial charge on any atom is 0.411 e. The highest BCUT2D eigenvalue weighted by molar-refractivity contribution is 5.83. The molecule has 20 heavy (non-hydrogen) atoms. The van der Waals surface area contributed by atoms with Crippen LogP contribution in [0.4, 0.5) is 9.59 Å². The first-order valence-corrected chi connectivity index (χ1v) is 6.27. The van der Waals surface area contributed by atoms with Crippen molar-refractivity contribution in [1.29, 1.82) is 0 Å². The number of carbonyl (C=O) groups is 3. The van der Waals surface area contributed by atoms with E-state index in [2.05, 4.69) is 4.74 Å². The van der Waals surface area contributed by atoms with E-state index in [-0.39, 0.29) is 19.6 Å². The van der Waals surface area contributed by atoms with Crippen LogP contribution in [0, 0.1) is 0 Å². The first kappa shape index (κ1) is 16.1. The summed E-state index contributed by atoms with van der Waals surface area (Å²) in [6, 6.07) is -1.54. The van der Waals surface area contributed by atoms with Gasteiger partial charge in [-0.15, -0.1) is 0 Å². The molecule has 3 amide bonds. The van der Waals surface area contributed by atoms with E-state index in [0.717, 1.165) is 0 Å². The number of urea groups is 1. The highest BCUT2D eigenvalue weighted by Gasteiger charge is 2.39. The molecular formula is C12H21N3O5. The maximum atomic E-state index is 12.1. The molecule has 0 spiro atoms. The zero-order chi connectivity index (χ0) is 15.5. The van der Waals surface area contributed by atoms with Gasteiger partial charge in [-0.1, -0.05) is 0 Å². The van der Waals surface area contributed by atoms with Crippen molar-refractivity contribution in [3.05, 3.63) is 0 Å². The standard InChI is InChI=1S/C12H21N3O5/c1-12(2,3)20-11(18)15-6-5-14(10(13)17)7-8(15)9(16)19-4/h8H,5-7H2,1-4H3,(H2,13,17)/t8-/m0/s1. The molecule has 1 rings (SSSR count). The number of methoxy groups -OCH3 is 1. The molecule has 0 aromatic heterocycles. The summed E-state index contributed by atoms with van der Waals surface area (Å²) in [6.07, 6.45) is -0.614. The molecule has 1 heterocycles. The Bertz CT molecular complexity index is 404. The first-order chi connectivity index (χ1) is 9.15. The van der Waals surface area contributed by atoms with Gasteiger partial charge < -0.3 is 20.1 Å². The van der Waals surface area contributed by atoms with Crippen LogP contribution in [0.3, 0.4) is 0 Å². The summed E-state index contributed by atoms with van der Waals surface area (Å²) >= 11 is 0. The minimum absolute atomic E-state index is 0.00124. The van der Waals surface area contributed by atoms with E-state index in [1.807, 2.05) is 0 Å². The predicted molar refractivity (Wildman–Crippen MR) is 69.9 cm³/mol. The summed E-state index contributed by atoms with van der Waals surface area (Å²) in [5.74, 6) is -0.609. The Hall–Kier alpha value is -1.99. The van der Waals surface area contributed by atoms with Gasteiger partial charge in [0.25, 0.3) is 0 Å². The minimum atomic E-state index is -0.906. The number of esters is 1. The van der Waals surface area contributed by atoms with Gasteiger partial charge in [0, 0.05) is 13.1 Å². The van der Waals surface area contributed by atoms with E-state index < -0.39 is 29.7 Å². The van der Waals surface area contributed by atoms with Gasteiger partial charge in [-0.25, -0.2) is 14.4 Å². The second kappa shape index (κ2) is 5.98. The lowest BCUT2D eigenvalue weighted by molar-refractivity contribution is -0.148. The van der Waals surface area contributed by atoms with E-state index in [1.165, 1.54) is 16.9 Å². The van der Waals surface area contributed by atoms with Crippen LogP contribution >= 0.6 is 0 Å². The molecule has 0 saturated carbocycles. The number of amides is 3. The Labute approximate surface area is 117 Å². The molecule has 1 aliphatic rings. The predicted octanol–water partition coefficient (Wildman–Crippen LogP) is 0.159. The van der Waals surface area contributed by atoms with Gasteiger partial charge in [0.2, 0.25) is 0 Å². The second-order valence-corrected chi connectivity index (χ2v) is 5.50. The Balaban J connectivity index is 2.85. The monoisotopic (exact) mass is 287 g/mol. The summed E-state index contributed by atoms with van der Waals surface area (Å²) in [6.45, 7) is 5.62. The number of carbonyl (C=O) groups excluding carboxylic acids is 3. The van der Waals surface area contributed by atoms with Crippen molar-refractivity contribution in [2.24, 2.45) is 5.73 Å². The van der Waals surface area contributed by atoms with Gasteiger partial charge in [0.15, 0.2) is 6.04 Å². The molecule has 1 atom stereocenters. The molecule has 0 aromatic carbocycles.